The second kappa shape index (κ2) is 14.1. The van der Waals surface area contributed by atoms with Gasteiger partial charge in [0.1, 0.15) is 0 Å². The predicted octanol–water partition coefficient (Wildman–Crippen LogP) is 5.55. The molecule has 1 heterocycles. The molecule has 0 unspecified atom stereocenters. The van der Waals surface area contributed by atoms with Crippen LogP contribution in [0.3, 0.4) is 0 Å². The molecule has 0 spiro atoms. The molecule has 0 aromatic heterocycles. The van der Waals surface area contributed by atoms with Crippen LogP contribution in [0.25, 0.3) is 0 Å². The Kier molecular flexibility index (Phi) is 12.6. The monoisotopic (exact) mass is 397 g/mol. The largest absolute Gasteiger partial charge is 0.306 e. The Bertz CT molecular complexity index is 578. The molecule has 2 rings (SSSR count). The molecule has 0 bridgehead atoms. The highest BCUT2D eigenvalue weighted by Crippen LogP contribution is 2.14. The van der Waals surface area contributed by atoms with Crippen LogP contribution in [-0.4, -0.2) is 40.1 Å². The molecule has 1 aliphatic rings. The van der Waals surface area contributed by atoms with Gasteiger partial charge in [-0.3, -0.25) is 4.18 Å². The summed E-state index contributed by atoms with van der Waals surface area (Å²) in [7, 11) is -1.38. The first kappa shape index (κ1) is 24.1. The number of rotatable bonds is 10. The van der Waals surface area contributed by atoms with Crippen molar-refractivity contribution in [2.75, 3.05) is 26.7 Å². The van der Waals surface area contributed by atoms with E-state index in [1.807, 2.05) is 6.92 Å². The Balaban J connectivity index is 0.000000433. The third-order valence-electron chi connectivity index (χ3n) is 4.88. The predicted molar refractivity (Wildman–Crippen MR) is 114 cm³/mol. The maximum atomic E-state index is 11.9. The van der Waals surface area contributed by atoms with E-state index in [0.717, 1.165) is 24.8 Å². The number of piperidine rings is 1. The van der Waals surface area contributed by atoms with Crippen molar-refractivity contribution < 1.29 is 12.6 Å². The molecule has 0 atom stereocenters. The zero-order valence-corrected chi connectivity index (χ0v) is 18.4. The van der Waals surface area contributed by atoms with Crippen LogP contribution in [-0.2, 0) is 14.3 Å². The van der Waals surface area contributed by atoms with Crippen LogP contribution in [0, 0.1) is 6.92 Å². The molecular formula is C22H39NO3S. The van der Waals surface area contributed by atoms with Crippen LogP contribution in [0.4, 0.5) is 0 Å². The van der Waals surface area contributed by atoms with Gasteiger partial charge in [0, 0.05) is 0 Å². The van der Waals surface area contributed by atoms with E-state index < -0.39 is 10.1 Å². The summed E-state index contributed by atoms with van der Waals surface area (Å²) in [5.41, 5.74) is 1.04. The second-order valence-electron chi connectivity index (χ2n) is 7.57. The van der Waals surface area contributed by atoms with E-state index >= 15 is 0 Å². The first-order valence-corrected chi connectivity index (χ1v) is 12.0. The van der Waals surface area contributed by atoms with Crippen LogP contribution in [0.5, 0.6) is 0 Å². The lowest BCUT2D eigenvalue weighted by atomic mass is 10.1. The highest BCUT2D eigenvalue weighted by Gasteiger charge is 2.14. The van der Waals surface area contributed by atoms with Crippen molar-refractivity contribution in [3.8, 4) is 0 Å². The van der Waals surface area contributed by atoms with E-state index in [9.17, 15) is 8.42 Å². The van der Waals surface area contributed by atoms with E-state index in [-0.39, 0.29) is 11.5 Å². The first-order chi connectivity index (χ1) is 13.0. The highest BCUT2D eigenvalue weighted by atomic mass is 32.2. The van der Waals surface area contributed by atoms with Gasteiger partial charge in [-0.05, 0) is 58.5 Å². The molecule has 27 heavy (non-hydrogen) atoms. The van der Waals surface area contributed by atoms with Crippen molar-refractivity contribution >= 4 is 10.1 Å². The van der Waals surface area contributed by atoms with Crippen molar-refractivity contribution in [1.82, 2.24) is 4.90 Å². The molecule has 0 radical (unpaired) electrons. The lowest BCUT2D eigenvalue weighted by Crippen LogP contribution is -2.24. The number of benzene rings is 1. The molecule has 4 nitrogen and oxygen atoms in total. The molecule has 5 heteroatoms. The number of hydrogen-bond acceptors (Lipinski definition) is 4. The molecule has 1 fully saturated rings. The van der Waals surface area contributed by atoms with Gasteiger partial charge >= 0.3 is 0 Å². The van der Waals surface area contributed by atoms with E-state index in [4.69, 9.17) is 4.18 Å². The maximum absolute atomic E-state index is 11.9. The summed E-state index contributed by atoms with van der Waals surface area (Å²) in [5, 5.41) is 0. The first-order valence-electron chi connectivity index (χ1n) is 10.6. The van der Waals surface area contributed by atoms with Gasteiger partial charge in [-0.2, -0.15) is 8.42 Å². The van der Waals surface area contributed by atoms with Gasteiger partial charge < -0.3 is 4.90 Å². The molecule has 0 amide bonds. The molecule has 1 aromatic rings. The zero-order valence-electron chi connectivity index (χ0n) is 17.6. The Hall–Kier alpha value is -0.910. The molecule has 0 aliphatic carbocycles. The van der Waals surface area contributed by atoms with Gasteiger partial charge in [-0.15, -0.1) is 0 Å². The van der Waals surface area contributed by atoms with E-state index in [0.29, 0.717) is 0 Å². The van der Waals surface area contributed by atoms with Crippen molar-refractivity contribution in [1.29, 1.82) is 0 Å². The normalized spacial score (nSPS) is 15.2. The topological polar surface area (TPSA) is 46.6 Å². The quantitative estimate of drug-likeness (QED) is 0.383. The van der Waals surface area contributed by atoms with E-state index in [2.05, 4.69) is 18.9 Å². The number of likely N-dealkylation sites (tertiary alicyclic amines) is 1. The number of nitrogens with zero attached hydrogens (tertiary/aromatic N) is 1. The third kappa shape index (κ3) is 11.5. The Morgan fingerprint density at radius 3 is 1.96 bits per heavy atom. The summed E-state index contributed by atoms with van der Waals surface area (Å²) >= 11 is 0. The number of aryl methyl sites for hydroxylation is 1. The number of unbranched alkanes of at least 4 members (excludes halogenated alkanes) is 6. The van der Waals surface area contributed by atoms with Crippen LogP contribution in [0.15, 0.2) is 29.2 Å². The van der Waals surface area contributed by atoms with Crippen LogP contribution in [0.2, 0.25) is 0 Å². The fourth-order valence-electron chi connectivity index (χ4n) is 3.05. The molecule has 1 aromatic carbocycles. The zero-order chi connectivity index (χ0) is 20.0. The van der Waals surface area contributed by atoms with Gasteiger partial charge in [0.2, 0.25) is 0 Å². The maximum Gasteiger partial charge on any atom is 0.296 e. The van der Waals surface area contributed by atoms with Crippen molar-refractivity contribution in [3.05, 3.63) is 29.8 Å². The summed E-state index contributed by atoms with van der Waals surface area (Å²) in [6.07, 6.45) is 12.3. The van der Waals surface area contributed by atoms with Crippen molar-refractivity contribution in [3.63, 3.8) is 0 Å². The fraction of sp³-hybridized carbons (Fsp3) is 0.727. The molecular weight excluding hydrogens is 358 g/mol. The SMILES string of the molecule is CCCCCCCCCOS(=O)(=O)c1ccc(C)cc1.CN1CCCCC1. The Labute approximate surface area is 167 Å². The minimum Gasteiger partial charge on any atom is -0.306 e. The van der Waals surface area contributed by atoms with Crippen molar-refractivity contribution in [2.24, 2.45) is 0 Å². The summed E-state index contributed by atoms with van der Waals surface area (Å²) in [6.45, 7) is 7.05. The van der Waals surface area contributed by atoms with E-state index in [1.54, 1.807) is 24.3 Å². The molecule has 0 N–H and O–H groups in total. The summed E-state index contributed by atoms with van der Waals surface area (Å²) in [4.78, 5) is 2.63. The van der Waals surface area contributed by atoms with Gasteiger partial charge in [0.15, 0.2) is 0 Å². The summed E-state index contributed by atoms with van der Waals surface area (Å²) in [5.74, 6) is 0. The average molecular weight is 398 g/mol. The van der Waals surface area contributed by atoms with Gasteiger partial charge in [0.05, 0.1) is 11.5 Å². The van der Waals surface area contributed by atoms with Crippen LogP contribution in [0.1, 0.15) is 76.7 Å². The smallest absolute Gasteiger partial charge is 0.296 e. The molecule has 1 aliphatic heterocycles. The fourth-order valence-corrected chi connectivity index (χ4v) is 4.00. The minimum atomic E-state index is -3.58. The lowest BCUT2D eigenvalue weighted by Gasteiger charge is -2.20. The van der Waals surface area contributed by atoms with Crippen LogP contribution >= 0.6 is 0 Å². The second-order valence-corrected chi connectivity index (χ2v) is 9.19. The molecule has 156 valence electrons. The van der Waals surface area contributed by atoms with Gasteiger partial charge in [-0.1, -0.05) is 69.6 Å². The third-order valence-corrected chi connectivity index (χ3v) is 6.20. The minimum absolute atomic E-state index is 0.242. The lowest BCUT2D eigenvalue weighted by molar-refractivity contribution is 0.277. The average Bonchev–Trinajstić information content (AvgIpc) is 2.65. The molecule has 0 saturated carbocycles. The highest BCUT2D eigenvalue weighted by molar-refractivity contribution is 7.86. The molecule has 1 saturated heterocycles. The van der Waals surface area contributed by atoms with Gasteiger partial charge in [-0.25, -0.2) is 0 Å². The number of hydrogen-bond donors (Lipinski definition) is 0. The van der Waals surface area contributed by atoms with E-state index in [1.165, 1.54) is 58.0 Å². The summed E-state index contributed by atoms with van der Waals surface area (Å²) in [6, 6.07) is 6.75. The Morgan fingerprint density at radius 1 is 0.889 bits per heavy atom. The summed E-state index contributed by atoms with van der Waals surface area (Å²) < 4.78 is 28.8. The van der Waals surface area contributed by atoms with Crippen LogP contribution < -0.4 is 0 Å². The van der Waals surface area contributed by atoms with Crippen molar-refractivity contribution in [2.45, 2.75) is 83.0 Å². The Morgan fingerprint density at radius 2 is 1.44 bits per heavy atom. The van der Waals surface area contributed by atoms with Gasteiger partial charge in [0.25, 0.3) is 10.1 Å². The standard InChI is InChI=1S/C16H26O3S.C6H13N/c1-3-4-5-6-7-8-9-14-19-20(17,18)16-12-10-15(2)11-13-16;1-7-5-3-2-4-6-7/h10-13H,3-9,14H2,1-2H3;2-6H2,1H3.